The van der Waals surface area contributed by atoms with Crippen molar-refractivity contribution in [3.8, 4) is 0 Å². The molecule has 0 aliphatic carbocycles. The molecule has 0 bridgehead atoms. The molecule has 1 aromatic heterocycles. The van der Waals surface area contributed by atoms with Crippen LogP contribution in [0.2, 0.25) is 0 Å². The summed E-state index contributed by atoms with van der Waals surface area (Å²) >= 11 is 0. The molecule has 1 amide bonds. The first-order valence-corrected chi connectivity index (χ1v) is 7.74. The van der Waals surface area contributed by atoms with Crippen molar-refractivity contribution in [3.05, 3.63) is 42.1 Å². The molecule has 0 atom stereocenters. The first-order chi connectivity index (χ1) is 10.2. The summed E-state index contributed by atoms with van der Waals surface area (Å²) in [5, 5.41) is 4.03. The second-order valence-corrected chi connectivity index (χ2v) is 5.27. The number of hydrogen-bond acceptors (Lipinski definition) is 1. The average molecular weight is 284 g/mol. The lowest BCUT2D eigenvalue weighted by Crippen LogP contribution is -2.24. The summed E-state index contributed by atoms with van der Waals surface area (Å²) in [5.41, 5.74) is 2.93. The summed E-state index contributed by atoms with van der Waals surface area (Å²) in [6, 6.07) is 6.10. The van der Waals surface area contributed by atoms with Gasteiger partial charge < -0.3 is 9.88 Å². The lowest BCUT2D eigenvalue weighted by Gasteiger charge is -2.03. The monoisotopic (exact) mass is 284 g/mol. The van der Waals surface area contributed by atoms with E-state index >= 15 is 0 Å². The normalized spacial score (nSPS) is 10.8. The van der Waals surface area contributed by atoms with Crippen LogP contribution in [0.15, 0.2) is 31.0 Å². The summed E-state index contributed by atoms with van der Waals surface area (Å²) in [6.45, 7) is 9.65. The molecule has 2 aromatic rings. The Hall–Kier alpha value is -2.03. The molecule has 1 aromatic carbocycles. The van der Waals surface area contributed by atoms with Crippen LogP contribution in [0.1, 0.15) is 49.0 Å². The molecule has 0 aliphatic rings. The van der Waals surface area contributed by atoms with Crippen LogP contribution < -0.4 is 5.32 Å². The van der Waals surface area contributed by atoms with E-state index in [9.17, 15) is 4.79 Å². The number of benzene rings is 1. The van der Waals surface area contributed by atoms with Crippen LogP contribution in [0.5, 0.6) is 0 Å². The predicted octanol–water partition coefficient (Wildman–Crippen LogP) is 4.22. The van der Waals surface area contributed by atoms with Gasteiger partial charge >= 0.3 is 0 Å². The van der Waals surface area contributed by atoms with Crippen molar-refractivity contribution in [1.82, 2.24) is 9.88 Å². The van der Waals surface area contributed by atoms with E-state index in [-0.39, 0.29) is 5.91 Å². The number of amides is 1. The Morgan fingerprint density at radius 3 is 2.81 bits per heavy atom. The third-order valence-electron chi connectivity index (χ3n) is 3.79. The van der Waals surface area contributed by atoms with Gasteiger partial charge in [-0.05, 0) is 25.0 Å². The molecule has 21 heavy (non-hydrogen) atoms. The number of hydrogen-bond donors (Lipinski definition) is 1. The minimum atomic E-state index is 0.0228. The Labute approximate surface area is 126 Å². The van der Waals surface area contributed by atoms with E-state index in [0.29, 0.717) is 0 Å². The fourth-order valence-electron chi connectivity index (χ4n) is 2.55. The van der Waals surface area contributed by atoms with Crippen molar-refractivity contribution in [3.63, 3.8) is 0 Å². The zero-order valence-corrected chi connectivity index (χ0v) is 13.0. The van der Waals surface area contributed by atoms with Crippen molar-refractivity contribution in [1.29, 1.82) is 0 Å². The van der Waals surface area contributed by atoms with Gasteiger partial charge in [-0.15, -0.1) is 0 Å². The van der Waals surface area contributed by atoms with E-state index in [2.05, 4.69) is 36.4 Å². The van der Waals surface area contributed by atoms with E-state index in [1.165, 1.54) is 0 Å². The van der Waals surface area contributed by atoms with Crippen LogP contribution in [0, 0.1) is 0 Å². The van der Waals surface area contributed by atoms with Crippen molar-refractivity contribution in [2.24, 2.45) is 0 Å². The maximum Gasteiger partial charge on any atom is 0.253 e. The number of nitrogens with one attached hydrogen (secondary N) is 1. The highest BCUT2D eigenvalue weighted by Crippen LogP contribution is 2.23. The number of rotatable bonds is 7. The highest BCUT2D eigenvalue weighted by molar-refractivity contribution is 6.07. The Morgan fingerprint density at radius 2 is 2.14 bits per heavy atom. The molecule has 3 heteroatoms. The zero-order valence-electron chi connectivity index (χ0n) is 13.0. The smallest absolute Gasteiger partial charge is 0.253 e. The van der Waals surface area contributed by atoms with Gasteiger partial charge in [0.05, 0.1) is 5.56 Å². The topological polar surface area (TPSA) is 34.0 Å². The van der Waals surface area contributed by atoms with Gasteiger partial charge in [-0.1, -0.05) is 44.6 Å². The second kappa shape index (κ2) is 7.11. The SMILES string of the molecule is C=Cc1ccc2c(C(=O)NCCCCC)cn(CC)c2c1. The maximum absolute atomic E-state index is 12.4. The quantitative estimate of drug-likeness (QED) is 0.759. The van der Waals surface area contributed by atoms with E-state index < -0.39 is 0 Å². The molecule has 2 rings (SSSR count). The van der Waals surface area contributed by atoms with Crippen molar-refractivity contribution in [2.45, 2.75) is 39.7 Å². The lowest BCUT2D eigenvalue weighted by molar-refractivity contribution is 0.0954. The van der Waals surface area contributed by atoms with E-state index in [4.69, 9.17) is 0 Å². The number of nitrogens with zero attached hydrogens (tertiary/aromatic N) is 1. The van der Waals surface area contributed by atoms with Gasteiger partial charge in [-0.2, -0.15) is 0 Å². The summed E-state index contributed by atoms with van der Waals surface area (Å²) < 4.78 is 2.11. The lowest BCUT2D eigenvalue weighted by atomic mass is 10.1. The molecule has 1 heterocycles. The maximum atomic E-state index is 12.4. The predicted molar refractivity (Wildman–Crippen MR) is 89.6 cm³/mol. The van der Waals surface area contributed by atoms with Crippen LogP contribution >= 0.6 is 0 Å². The first kappa shape index (κ1) is 15.4. The highest BCUT2D eigenvalue weighted by atomic mass is 16.1. The molecule has 0 saturated carbocycles. The zero-order chi connectivity index (χ0) is 15.2. The van der Waals surface area contributed by atoms with Crippen LogP contribution in [-0.2, 0) is 6.54 Å². The summed E-state index contributed by atoms with van der Waals surface area (Å²) in [4.78, 5) is 12.4. The van der Waals surface area contributed by atoms with Gasteiger partial charge in [0.1, 0.15) is 0 Å². The fourth-order valence-corrected chi connectivity index (χ4v) is 2.55. The van der Waals surface area contributed by atoms with Gasteiger partial charge in [-0.3, -0.25) is 4.79 Å². The summed E-state index contributed by atoms with van der Waals surface area (Å²) in [7, 11) is 0. The Bertz CT molecular complexity index is 640. The van der Waals surface area contributed by atoms with Crippen molar-refractivity contribution >= 4 is 22.9 Å². The van der Waals surface area contributed by atoms with Crippen molar-refractivity contribution < 1.29 is 4.79 Å². The third-order valence-corrected chi connectivity index (χ3v) is 3.79. The largest absolute Gasteiger partial charge is 0.352 e. The third kappa shape index (κ3) is 3.35. The average Bonchev–Trinajstić information content (AvgIpc) is 2.89. The molecular weight excluding hydrogens is 260 g/mol. The van der Waals surface area contributed by atoms with Crippen LogP contribution in [-0.4, -0.2) is 17.0 Å². The van der Waals surface area contributed by atoms with Gasteiger partial charge in [-0.25, -0.2) is 0 Å². The van der Waals surface area contributed by atoms with E-state index in [1.807, 2.05) is 24.4 Å². The Morgan fingerprint density at radius 1 is 1.33 bits per heavy atom. The number of carbonyl (C=O) groups is 1. The number of carbonyl (C=O) groups excluding carboxylic acids is 1. The Balaban J connectivity index is 2.27. The molecule has 0 radical (unpaired) electrons. The first-order valence-electron chi connectivity index (χ1n) is 7.74. The highest BCUT2D eigenvalue weighted by Gasteiger charge is 2.14. The van der Waals surface area contributed by atoms with Gasteiger partial charge in [0.2, 0.25) is 0 Å². The fraction of sp³-hybridized carbons (Fsp3) is 0.389. The second-order valence-electron chi connectivity index (χ2n) is 5.27. The standard InChI is InChI=1S/C18H24N2O/c1-4-7-8-11-19-18(21)16-13-20(6-3)17-12-14(5-2)9-10-15(16)17/h5,9-10,12-13H,2,4,6-8,11H2,1,3H3,(H,19,21). The summed E-state index contributed by atoms with van der Waals surface area (Å²) in [5.74, 6) is 0.0228. The molecule has 0 saturated heterocycles. The van der Waals surface area contributed by atoms with Crippen LogP contribution in [0.4, 0.5) is 0 Å². The molecule has 0 spiro atoms. The minimum absolute atomic E-state index is 0.0228. The van der Waals surface area contributed by atoms with Crippen LogP contribution in [0.25, 0.3) is 17.0 Å². The van der Waals surface area contributed by atoms with Gasteiger partial charge in [0.25, 0.3) is 5.91 Å². The van der Waals surface area contributed by atoms with Crippen LogP contribution in [0.3, 0.4) is 0 Å². The summed E-state index contributed by atoms with van der Waals surface area (Å²) in [6.07, 6.45) is 7.13. The molecular formula is C18H24N2O. The molecule has 0 unspecified atom stereocenters. The van der Waals surface area contributed by atoms with Gasteiger partial charge in [0.15, 0.2) is 0 Å². The van der Waals surface area contributed by atoms with E-state index in [0.717, 1.165) is 54.4 Å². The molecule has 3 nitrogen and oxygen atoms in total. The molecule has 1 N–H and O–H groups in total. The molecule has 112 valence electrons. The molecule has 0 aliphatic heterocycles. The minimum Gasteiger partial charge on any atom is -0.352 e. The Kier molecular flexibility index (Phi) is 5.20. The number of unbranched alkanes of at least 4 members (excludes halogenated alkanes) is 2. The number of aromatic nitrogens is 1. The van der Waals surface area contributed by atoms with Gasteiger partial charge in [0, 0.05) is 30.2 Å². The van der Waals surface area contributed by atoms with E-state index in [1.54, 1.807) is 0 Å². The number of fused-ring (bicyclic) bond motifs is 1. The molecule has 0 fully saturated rings. The number of aryl methyl sites for hydroxylation is 1. The van der Waals surface area contributed by atoms with Crippen molar-refractivity contribution in [2.75, 3.05) is 6.54 Å².